The van der Waals surface area contributed by atoms with Crippen molar-refractivity contribution in [2.75, 3.05) is 26.4 Å². The second-order valence-electron chi connectivity index (χ2n) is 7.78. The molecule has 0 aliphatic carbocycles. The summed E-state index contributed by atoms with van der Waals surface area (Å²) in [5.74, 6) is 0.593. The summed E-state index contributed by atoms with van der Waals surface area (Å²) in [4.78, 5) is 4.18. The minimum Gasteiger partial charge on any atom is -0.356 e. The molecular weight excluding hydrogens is 485 g/mol. The van der Waals surface area contributed by atoms with E-state index in [2.05, 4.69) is 35.5 Å². The van der Waals surface area contributed by atoms with Crippen LogP contribution in [0.5, 0.6) is 0 Å². The van der Waals surface area contributed by atoms with Crippen molar-refractivity contribution in [3.8, 4) is 0 Å². The normalized spacial score (nSPS) is 13.1. The van der Waals surface area contributed by atoms with Gasteiger partial charge in [0.1, 0.15) is 0 Å². The third kappa shape index (κ3) is 8.43. The molecular formula is C18H31ClIN3O2S. The Kier molecular flexibility index (Phi) is 9.92. The number of nitrogens with one attached hydrogen (secondary N) is 2. The maximum Gasteiger partial charge on any atom is 0.191 e. The molecule has 0 fully saturated rings. The van der Waals surface area contributed by atoms with Gasteiger partial charge < -0.3 is 10.6 Å². The van der Waals surface area contributed by atoms with Crippen molar-refractivity contribution in [2.24, 2.45) is 10.4 Å². The number of guanidine groups is 1. The maximum atomic E-state index is 11.8. The lowest BCUT2D eigenvalue weighted by Crippen LogP contribution is -2.49. The highest BCUT2D eigenvalue weighted by molar-refractivity contribution is 14.0. The van der Waals surface area contributed by atoms with Crippen LogP contribution in [0, 0.1) is 5.41 Å². The van der Waals surface area contributed by atoms with E-state index in [-0.39, 0.29) is 29.4 Å². The number of rotatable bonds is 7. The van der Waals surface area contributed by atoms with E-state index < -0.39 is 14.6 Å². The van der Waals surface area contributed by atoms with Crippen LogP contribution in [0.4, 0.5) is 0 Å². The Morgan fingerprint density at radius 2 is 1.73 bits per heavy atom. The maximum absolute atomic E-state index is 11.8. The van der Waals surface area contributed by atoms with E-state index in [0.717, 1.165) is 11.4 Å². The summed E-state index contributed by atoms with van der Waals surface area (Å²) in [5, 5.41) is 7.12. The SMILES string of the molecule is CN=C(NCC(C)(C)Cc1cccc(Cl)c1)NCC(C)(C)S(C)(=O)=O.I. The van der Waals surface area contributed by atoms with Crippen LogP contribution in [0.3, 0.4) is 0 Å². The average Bonchev–Trinajstić information content (AvgIpc) is 2.45. The van der Waals surface area contributed by atoms with Gasteiger partial charge in [0.15, 0.2) is 15.8 Å². The van der Waals surface area contributed by atoms with Gasteiger partial charge in [-0.05, 0) is 43.4 Å². The zero-order chi connectivity index (χ0) is 19.3. The summed E-state index contributed by atoms with van der Waals surface area (Å²) in [6, 6.07) is 7.86. The Bertz CT molecular complexity index is 719. The predicted molar refractivity (Wildman–Crippen MR) is 123 cm³/mol. The lowest BCUT2D eigenvalue weighted by atomic mass is 9.86. The van der Waals surface area contributed by atoms with Crippen molar-refractivity contribution in [3.63, 3.8) is 0 Å². The van der Waals surface area contributed by atoms with Gasteiger partial charge in [-0.25, -0.2) is 8.42 Å². The Morgan fingerprint density at radius 1 is 1.15 bits per heavy atom. The van der Waals surface area contributed by atoms with Crippen LogP contribution < -0.4 is 10.6 Å². The van der Waals surface area contributed by atoms with Crippen LogP contribution in [0.2, 0.25) is 5.02 Å². The van der Waals surface area contributed by atoms with Gasteiger partial charge in [-0.2, -0.15) is 0 Å². The number of aliphatic imine (C=N–C) groups is 1. The van der Waals surface area contributed by atoms with E-state index in [1.807, 2.05) is 18.2 Å². The fourth-order valence-electron chi connectivity index (χ4n) is 2.23. The van der Waals surface area contributed by atoms with Crippen molar-refractivity contribution in [1.29, 1.82) is 0 Å². The Morgan fingerprint density at radius 3 is 2.23 bits per heavy atom. The standard InChI is InChI=1S/C18H30ClN3O2S.HI/c1-17(2,11-14-8-7-9-15(19)10-14)12-21-16(20-5)22-13-18(3,4)25(6,23)24;/h7-10H,11-13H2,1-6H3,(H2,20,21,22);1H. The molecule has 0 atom stereocenters. The van der Waals surface area contributed by atoms with E-state index in [4.69, 9.17) is 11.6 Å². The van der Waals surface area contributed by atoms with Crippen LogP contribution >= 0.6 is 35.6 Å². The lowest BCUT2D eigenvalue weighted by molar-refractivity contribution is 0.359. The molecule has 1 rings (SSSR count). The molecule has 5 nitrogen and oxygen atoms in total. The molecule has 0 radical (unpaired) electrons. The zero-order valence-corrected chi connectivity index (χ0v) is 20.3. The van der Waals surface area contributed by atoms with Crippen molar-refractivity contribution in [1.82, 2.24) is 10.6 Å². The minimum atomic E-state index is -3.15. The van der Waals surface area contributed by atoms with Gasteiger partial charge >= 0.3 is 0 Å². The lowest BCUT2D eigenvalue weighted by Gasteiger charge is -2.28. The van der Waals surface area contributed by atoms with E-state index in [9.17, 15) is 8.42 Å². The number of benzene rings is 1. The summed E-state index contributed by atoms with van der Waals surface area (Å²) in [6.45, 7) is 8.71. The van der Waals surface area contributed by atoms with Crippen LogP contribution in [-0.2, 0) is 16.3 Å². The number of hydrogen-bond donors (Lipinski definition) is 2. The number of nitrogens with zero attached hydrogens (tertiary/aromatic N) is 1. The second kappa shape index (κ2) is 10.1. The molecule has 0 spiro atoms. The monoisotopic (exact) mass is 515 g/mol. The molecule has 0 bridgehead atoms. The zero-order valence-electron chi connectivity index (χ0n) is 16.4. The molecule has 0 saturated heterocycles. The van der Waals surface area contributed by atoms with E-state index in [0.29, 0.717) is 19.0 Å². The van der Waals surface area contributed by atoms with Crippen molar-refractivity contribution < 1.29 is 8.42 Å². The molecule has 1 aromatic carbocycles. The Hall–Kier alpha value is -0.540. The van der Waals surface area contributed by atoms with Crippen molar-refractivity contribution in [3.05, 3.63) is 34.9 Å². The van der Waals surface area contributed by atoms with Gasteiger partial charge in [0.2, 0.25) is 0 Å². The molecule has 0 amide bonds. The number of hydrogen-bond acceptors (Lipinski definition) is 3. The summed E-state index contributed by atoms with van der Waals surface area (Å²) in [7, 11) is -1.48. The molecule has 150 valence electrons. The molecule has 8 heteroatoms. The second-order valence-corrected chi connectivity index (χ2v) is 10.9. The molecule has 1 aromatic rings. The highest BCUT2D eigenvalue weighted by Gasteiger charge is 2.30. The number of sulfone groups is 1. The topological polar surface area (TPSA) is 70.6 Å². The predicted octanol–water partition coefficient (Wildman–Crippen LogP) is 3.51. The highest BCUT2D eigenvalue weighted by atomic mass is 127. The van der Waals surface area contributed by atoms with Gasteiger partial charge in [0.25, 0.3) is 0 Å². The molecule has 2 N–H and O–H groups in total. The molecule has 0 aromatic heterocycles. The first-order chi connectivity index (χ1) is 11.4. The van der Waals surface area contributed by atoms with Crippen molar-refractivity contribution in [2.45, 2.75) is 38.9 Å². The van der Waals surface area contributed by atoms with E-state index in [1.165, 1.54) is 11.8 Å². The van der Waals surface area contributed by atoms with Gasteiger partial charge in [0, 0.05) is 31.4 Å². The number of halogens is 2. The van der Waals surface area contributed by atoms with Crippen LogP contribution in [0.25, 0.3) is 0 Å². The van der Waals surface area contributed by atoms with Gasteiger partial charge in [-0.15, -0.1) is 24.0 Å². The largest absolute Gasteiger partial charge is 0.356 e. The Balaban J connectivity index is 0.00000625. The molecule has 0 aliphatic rings. The summed E-state index contributed by atoms with van der Waals surface area (Å²) in [5.41, 5.74) is 1.16. The van der Waals surface area contributed by atoms with Crippen molar-refractivity contribution >= 4 is 51.4 Å². The van der Waals surface area contributed by atoms with E-state index in [1.54, 1.807) is 20.9 Å². The summed E-state index contributed by atoms with van der Waals surface area (Å²) >= 11 is 6.05. The van der Waals surface area contributed by atoms with Gasteiger partial charge in [-0.1, -0.05) is 37.6 Å². The van der Waals surface area contributed by atoms with Crippen LogP contribution in [-0.4, -0.2) is 45.5 Å². The molecule has 0 aliphatic heterocycles. The van der Waals surface area contributed by atoms with Gasteiger partial charge in [-0.3, -0.25) is 4.99 Å². The third-order valence-corrected chi connectivity index (χ3v) is 6.60. The minimum absolute atomic E-state index is 0. The molecule has 0 heterocycles. The quantitative estimate of drug-likeness (QED) is 0.331. The fourth-order valence-corrected chi connectivity index (χ4v) is 2.78. The molecule has 0 saturated carbocycles. The summed E-state index contributed by atoms with van der Waals surface area (Å²) < 4.78 is 22.7. The highest BCUT2D eigenvalue weighted by Crippen LogP contribution is 2.22. The summed E-state index contributed by atoms with van der Waals surface area (Å²) in [6.07, 6.45) is 2.12. The third-order valence-electron chi connectivity index (χ3n) is 4.22. The van der Waals surface area contributed by atoms with Gasteiger partial charge in [0.05, 0.1) is 4.75 Å². The molecule has 0 unspecified atom stereocenters. The average molecular weight is 516 g/mol. The first kappa shape index (κ1) is 25.5. The van der Waals surface area contributed by atoms with Crippen LogP contribution in [0.15, 0.2) is 29.3 Å². The molecule has 26 heavy (non-hydrogen) atoms. The smallest absolute Gasteiger partial charge is 0.191 e. The van der Waals surface area contributed by atoms with E-state index >= 15 is 0 Å². The Labute approximate surface area is 180 Å². The first-order valence-corrected chi connectivity index (χ1v) is 10.5. The fraction of sp³-hybridized carbons (Fsp3) is 0.611. The van der Waals surface area contributed by atoms with Crippen LogP contribution in [0.1, 0.15) is 33.3 Å². The first-order valence-electron chi connectivity index (χ1n) is 8.25.